The molecule has 1 aromatic rings. The molecule has 0 unspecified atom stereocenters. The number of anilines is 1. The number of nitrogens with one attached hydrogen (secondary N) is 1. The van der Waals surface area contributed by atoms with Gasteiger partial charge in [-0.25, -0.2) is 4.79 Å². The van der Waals surface area contributed by atoms with E-state index in [2.05, 4.69) is 5.32 Å². The van der Waals surface area contributed by atoms with Gasteiger partial charge in [0.15, 0.2) is 0 Å². The topological polar surface area (TPSA) is 78.9 Å². The van der Waals surface area contributed by atoms with Crippen molar-refractivity contribution in [1.29, 1.82) is 0 Å². The Hall–Kier alpha value is -1.95. The molecule has 1 aromatic carbocycles. The van der Waals surface area contributed by atoms with E-state index in [1.165, 1.54) is 12.0 Å². The molecule has 0 aliphatic carbocycles. The van der Waals surface area contributed by atoms with Gasteiger partial charge in [0.2, 0.25) is 0 Å². The second-order valence-electron chi connectivity index (χ2n) is 4.09. The van der Waals surface area contributed by atoms with Gasteiger partial charge in [0.25, 0.3) is 0 Å². The lowest BCUT2D eigenvalue weighted by molar-refractivity contribution is -0.137. The second kappa shape index (κ2) is 7.59. The lowest BCUT2D eigenvalue weighted by Gasteiger charge is -2.20. The fraction of sp³-hybridized carbons (Fsp3) is 0.385. The minimum Gasteiger partial charge on any atom is -0.495 e. The number of nitrogens with zero attached hydrogens (tertiary/aromatic N) is 1. The molecular formula is C13H17ClN2O4. The number of amides is 2. The van der Waals surface area contributed by atoms with Gasteiger partial charge in [-0.2, -0.15) is 0 Å². The van der Waals surface area contributed by atoms with Crippen molar-refractivity contribution in [3.05, 3.63) is 23.2 Å². The molecule has 6 nitrogen and oxygen atoms in total. The van der Waals surface area contributed by atoms with Crippen molar-refractivity contribution in [2.75, 3.05) is 25.5 Å². The number of aliphatic carboxylic acids is 1. The Balaban J connectivity index is 2.79. The first kappa shape index (κ1) is 16.1. The first-order chi connectivity index (χ1) is 9.47. The lowest BCUT2D eigenvalue weighted by atomic mass is 10.3. The SMILES string of the molecule is CCCN(CC(=O)O)C(=O)Nc1ccc(Cl)c(OC)c1. The molecule has 7 heteroatoms. The molecule has 1 rings (SSSR count). The van der Waals surface area contributed by atoms with Crippen molar-refractivity contribution in [1.82, 2.24) is 4.90 Å². The van der Waals surface area contributed by atoms with Crippen LogP contribution in [0.5, 0.6) is 5.75 Å². The number of carboxylic acids is 1. The zero-order valence-corrected chi connectivity index (χ0v) is 12.1. The molecule has 20 heavy (non-hydrogen) atoms. The van der Waals surface area contributed by atoms with Crippen molar-refractivity contribution < 1.29 is 19.4 Å². The number of methoxy groups -OCH3 is 1. The standard InChI is InChI=1S/C13H17ClN2O4/c1-3-6-16(8-12(17)18)13(19)15-9-4-5-10(14)11(7-9)20-2/h4-5,7H,3,6,8H2,1-2H3,(H,15,19)(H,17,18). The summed E-state index contributed by atoms with van der Waals surface area (Å²) >= 11 is 5.89. The van der Waals surface area contributed by atoms with Crippen LogP contribution >= 0.6 is 11.6 Å². The summed E-state index contributed by atoms with van der Waals surface area (Å²) in [6.07, 6.45) is 0.671. The predicted octanol–water partition coefficient (Wildman–Crippen LogP) is 2.68. The average Bonchev–Trinajstić information content (AvgIpc) is 2.40. The number of hydrogen-bond donors (Lipinski definition) is 2. The van der Waals surface area contributed by atoms with Crippen LogP contribution in [0.4, 0.5) is 10.5 Å². The van der Waals surface area contributed by atoms with Crippen LogP contribution in [0.3, 0.4) is 0 Å². The Labute approximate surface area is 122 Å². The fourth-order valence-electron chi connectivity index (χ4n) is 1.63. The number of hydrogen-bond acceptors (Lipinski definition) is 3. The molecule has 0 aliphatic heterocycles. The van der Waals surface area contributed by atoms with E-state index >= 15 is 0 Å². The number of carbonyl (C=O) groups is 2. The first-order valence-corrected chi connectivity index (χ1v) is 6.47. The van der Waals surface area contributed by atoms with Crippen LogP contribution in [0.2, 0.25) is 5.02 Å². The maximum absolute atomic E-state index is 12.0. The first-order valence-electron chi connectivity index (χ1n) is 6.09. The van der Waals surface area contributed by atoms with E-state index in [1.807, 2.05) is 6.92 Å². The molecule has 110 valence electrons. The van der Waals surface area contributed by atoms with Crippen LogP contribution in [0.1, 0.15) is 13.3 Å². The summed E-state index contributed by atoms with van der Waals surface area (Å²) < 4.78 is 5.05. The summed E-state index contributed by atoms with van der Waals surface area (Å²) in [6.45, 7) is 1.89. The van der Waals surface area contributed by atoms with E-state index in [0.717, 1.165) is 0 Å². The largest absolute Gasteiger partial charge is 0.495 e. The van der Waals surface area contributed by atoms with E-state index in [1.54, 1.807) is 18.2 Å². The van der Waals surface area contributed by atoms with Gasteiger partial charge in [0, 0.05) is 18.3 Å². The molecule has 0 saturated heterocycles. The third-order valence-corrected chi connectivity index (χ3v) is 2.82. The number of rotatable bonds is 6. The summed E-state index contributed by atoms with van der Waals surface area (Å²) in [6, 6.07) is 4.31. The zero-order valence-electron chi connectivity index (χ0n) is 11.4. The quantitative estimate of drug-likeness (QED) is 0.846. The number of urea groups is 1. The van der Waals surface area contributed by atoms with Crippen LogP contribution in [0.25, 0.3) is 0 Å². The van der Waals surface area contributed by atoms with E-state index in [0.29, 0.717) is 29.4 Å². The molecule has 0 bridgehead atoms. The Morgan fingerprint density at radius 2 is 2.15 bits per heavy atom. The summed E-state index contributed by atoms with van der Waals surface area (Å²) in [5, 5.41) is 11.8. The minimum atomic E-state index is -1.05. The molecule has 0 atom stereocenters. The Morgan fingerprint density at radius 1 is 1.45 bits per heavy atom. The van der Waals surface area contributed by atoms with Crippen LogP contribution in [0.15, 0.2) is 18.2 Å². The van der Waals surface area contributed by atoms with Crippen molar-refractivity contribution in [2.45, 2.75) is 13.3 Å². The van der Waals surface area contributed by atoms with E-state index < -0.39 is 12.0 Å². The highest BCUT2D eigenvalue weighted by atomic mass is 35.5. The van der Waals surface area contributed by atoms with Crippen LogP contribution in [-0.2, 0) is 4.79 Å². The molecule has 0 aliphatic rings. The van der Waals surface area contributed by atoms with E-state index in [4.69, 9.17) is 21.4 Å². The molecule has 0 aromatic heterocycles. The fourth-order valence-corrected chi connectivity index (χ4v) is 1.82. The lowest BCUT2D eigenvalue weighted by Crippen LogP contribution is -2.39. The highest BCUT2D eigenvalue weighted by Gasteiger charge is 2.16. The third kappa shape index (κ3) is 4.62. The Morgan fingerprint density at radius 3 is 2.70 bits per heavy atom. The van der Waals surface area contributed by atoms with Gasteiger partial charge in [0.1, 0.15) is 12.3 Å². The molecule has 2 N–H and O–H groups in total. The normalized spacial score (nSPS) is 9.95. The smallest absolute Gasteiger partial charge is 0.323 e. The van der Waals surface area contributed by atoms with Gasteiger partial charge < -0.3 is 20.1 Å². The van der Waals surface area contributed by atoms with Gasteiger partial charge in [0.05, 0.1) is 12.1 Å². The summed E-state index contributed by atoms with van der Waals surface area (Å²) in [4.78, 5) is 24.0. The number of halogens is 1. The summed E-state index contributed by atoms with van der Waals surface area (Å²) in [5.41, 5.74) is 0.489. The van der Waals surface area contributed by atoms with Gasteiger partial charge in [-0.05, 0) is 18.6 Å². The second-order valence-corrected chi connectivity index (χ2v) is 4.50. The van der Waals surface area contributed by atoms with Gasteiger partial charge in [-0.15, -0.1) is 0 Å². The third-order valence-electron chi connectivity index (χ3n) is 2.51. The minimum absolute atomic E-state index is 0.343. The van der Waals surface area contributed by atoms with Crippen LogP contribution in [0, 0.1) is 0 Å². The Kier molecular flexibility index (Phi) is 6.11. The van der Waals surface area contributed by atoms with Crippen LogP contribution < -0.4 is 10.1 Å². The van der Waals surface area contributed by atoms with Crippen molar-refractivity contribution in [3.63, 3.8) is 0 Å². The molecule has 0 fully saturated rings. The molecule has 0 radical (unpaired) electrons. The van der Waals surface area contributed by atoms with Crippen molar-refractivity contribution in [2.24, 2.45) is 0 Å². The predicted molar refractivity (Wildman–Crippen MR) is 76.5 cm³/mol. The zero-order chi connectivity index (χ0) is 15.1. The van der Waals surface area contributed by atoms with E-state index in [-0.39, 0.29) is 6.54 Å². The number of ether oxygens (including phenoxy) is 1. The van der Waals surface area contributed by atoms with Crippen LogP contribution in [-0.4, -0.2) is 42.2 Å². The monoisotopic (exact) mass is 300 g/mol. The average molecular weight is 301 g/mol. The number of carboxylic acid groups (broad SMARTS) is 1. The highest BCUT2D eigenvalue weighted by Crippen LogP contribution is 2.27. The molecule has 0 spiro atoms. The molecule has 2 amide bonds. The number of carbonyl (C=O) groups excluding carboxylic acids is 1. The number of benzene rings is 1. The maximum Gasteiger partial charge on any atom is 0.323 e. The van der Waals surface area contributed by atoms with Gasteiger partial charge in [-0.1, -0.05) is 18.5 Å². The molecule has 0 heterocycles. The van der Waals surface area contributed by atoms with Gasteiger partial charge in [-0.3, -0.25) is 4.79 Å². The Bertz CT molecular complexity index is 493. The molecule has 0 saturated carbocycles. The molecular weight excluding hydrogens is 284 g/mol. The van der Waals surface area contributed by atoms with E-state index in [9.17, 15) is 9.59 Å². The highest BCUT2D eigenvalue weighted by molar-refractivity contribution is 6.32. The van der Waals surface area contributed by atoms with Crippen molar-refractivity contribution >= 4 is 29.3 Å². The van der Waals surface area contributed by atoms with Crippen molar-refractivity contribution in [3.8, 4) is 5.75 Å². The maximum atomic E-state index is 12.0. The summed E-state index contributed by atoms with van der Waals surface area (Å²) in [5.74, 6) is -0.618. The summed E-state index contributed by atoms with van der Waals surface area (Å²) in [7, 11) is 1.47. The van der Waals surface area contributed by atoms with Gasteiger partial charge >= 0.3 is 12.0 Å².